The van der Waals surface area contributed by atoms with Crippen LogP contribution in [-0.4, -0.2) is 24.2 Å². The van der Waals surface area contributed by atoms with Crippen molar-refractivity contribution in [3.8, 4) is 0 Å². The van der Waals surface area contributed by atoms with Gasteiger partial charge in [0.05, 0.1) is 5.75 Å². The van der Waals surface area contributed by atoms with Gasteiger partial charge in [0.25, 0.3) is 0 Å². The molecule has 1 rings (SSSR count). The maximum atomic E-state index is 11.5. The molecule has 0 bridgehead atoms. The maximum Gasteiger partial charge on any atom is 0.321 e. The molecule has 18 heavy (non-hydrogen) atoms. The highest BCUT2D eigenvalue weighted by atomic mass is 32.2. The van der Waals surface area contributed by atoms with E-state index in [0.29, 0.717) is 6.54 Å². The van der Waals surface area contributed by atoms with Gasteiger partial charge in [-0.2, -0.15) is 0 Å². The smallest absolute Gasteiger partial charge is 0.321 e. The minimum atomic E-state index is -0.425. The lowest BCUT2D eigenvalue weighted by atomic mass is 10.2. The molecule has 0 aromatic heterocycles. The summed E-state index contributed by atoms with van der Waals surface area (Å²) in [5, 5.41) is 4.88. The number of benzene rings is 1. The first-order valence-electron chi connectivity index (χ1n) is 5.89. The number of amides is 3. The molecule has 5 heteroatoms. The van der Waals surface area contributed by atoms with Crippen LogP contribution < -0.4 is 10.6 Å². The molecule has 0 heterocycles. The summed E-state index contributed by atoms with van der Waals surface area (Å²) in [6.07, 6.45) is 0.847. The number of carbonyl (C=O) groups excluding carboxylic acids is 2. The van der Waals surface area contributed by atoms with Crippen LogP contribution in [0.25, 0.3) is 0 Å². The summed E-state index contributed by atoms with van der Waals surface area (Å²) < 4.78 is 0. The van der Waals surface area contributed by atoms with Crippen LogP contribution in [0.15, 0.2) is 29.2 Å². The zero-order valence-corrected chi connectivity index (χ0v) is 11.5. The van der Waals surface area contributed by atoms with Gasteiger partial charge in [-0.3, -0.25) is 10.1 Å². The van der Waals surface area contributed by atoms with Gasteiger partial charge in [-0.05, 0) is 25.5 Å². The molecular formula is C13H18N2O2S. The van der Waals surface area contributed by atoms with E-state index in [1.165, 1.54) is 17.3 Å². The predicted octanol–water partition coefficient (Wildman–Crippen LogP) is 2.32. The maximum absolute atomic E-state index is 11.5. The molecule has 0 fully saturated rings. The molecule has 0 saturated heterocycles. The Balaban J connectivity index is 2.28. The van der Waals surface area contributed by atoms with E-state index in [1.54, 1.807) is 0 Å². The molecule has 98 valence electrons. The normalized spacial score (nSPS) is 9.89. The fraction of sp³-hybridized carbons (Fsp3) is 0.385. The summed E-state index contributed by atoms with van der Waals surface area (Å²) in [5.74, 6) is -0.0445. The molecule has 0 spiro atoms. The first-order valence-corrected chi connectivity index (χ1v) is 6.87. The van der Waals surface area contributed by atoms with Gasteiger partial charge in [0.15, 0.2) is 0 Å². The van der Waals surface area contributed by atoms with Crippen LogP contribution in [0.1, 0.15) is 18.9 Å². The van der Waals surface area contributed by atoms with Crippen LogP contribution in [0.2, 0.25) is 0 Å². The number of hydrogen-bond acceptors (Lipinski definition) is 3. The van der Waals surface area contributed by atoms with Crippen molar-refractivity contribution >= 4 is 23.7 Å². The third kappa shape index (κ3) is 5.72. The highest BCUT2D eigenvalue weighted by Gasteiger charge is 2.07. The molecule has 2 N–H and O–H groups in total. The highest BCUT2D eigenvalue weighted by molar-refractivity contribution is 8.00. The van der Waals surface area contributed by atoms with Crippen molar-refractivity contribution in [1.82, 2.24) is 10.6 Å². The van der Waals surface area contributed by atoms with Gasteiger partial charge in [0, 0.05) is 11.4 Å². The van der Waals surface area contributed by atoms with E-state index in [2.05, 4.69) is 10.6 Å². The fourth-order valence-electron chi connectivity index (χ4n) is 1.23. The van der Waals surface area contributed by atoms with Crippen molar-refractivity contribution in [2.45, 2.75) is 25.2 Å². The molecule has 0 aliphatic carbocycles. The topological polar surface area (TPSA) is 58.2 Å². The molecule has 4 nitrogen and oxygen atoms in total. The van der Waals surface area contributed by atoms with E-state index < -0.39 is 6.03 Å². The molecular weight excluding hydrogens is 248 g/mol. The Morgan fingerprint density at radius 2 is 1.89 bits per heavy atom. The SMILES string of the molecule is CCCNC(=O)NC(=O)CSc1ccc(C)cc1. The van der Waals surface area contributed by atoms with Gasteiger partial charge < -0.3 is 5.32 Å². The molecule has 1 aromatic carbocycles. The van der Waals surface area contributed by atoms with E-state index >= 15 is 0 Å². The van der Waals surface area contributed by atoms with Crippen molar-refractivity contribution in [2.24, 2.45) is 0 Å². The van der Waals surface area contributed by atoms with Gasteiger partial charge in [0.1, 0.15) is 0 Å². The number of carbonyl (C=O) groups is 2. The number of imide groups is 1. The summed E-state index contributed by atoms with van der Waals surface area (Å²) in [7, 11) is 0. The third-order valence-corrected chi connectivity index (χ3v) is 3.19. The minimum Gasteiger partial charge on any atom is -0.338 e. The summed E-state index contributed by atoms with van der Waals surface area (Å²) in [4.78, 5) is 23.7. The summed E-state index contributed by atoms with van der Waals surface area (Å²) >= 11 is 1.41. The Bertz CT molecular complexity index is 404. The first-order chi connectivity index (χ1) is 8.61. The van der Waals surface area contributed by atoms with Gasteiger partial charge >= 0.3 is 6.03 Å². The Morgan fingerprint density at radius 1 is 1.22 bits per heavy atom. The quantitative estimate of drug-likeness (QED) is 0.804. The predicted molar refractivity (Wildman–Crippen MR) is 73.7 cm³/mol. The Kier molecular flexibility index (Phi) is 6.28. The lowest BCUT2D eigenvalue weighted by Gasteiger charge is -2.05. The Labute approximate surface area is 112 Å². The molecule has 0 saturated carbocycles. The van der Waals surface area contributed by atoms with Gasteiger partial charge in [-0.25, -0.2) is 4.79 Å². The van der Waals surface area contributed by atoms with Crippen LogP contribution in [0.4, 0.5) is 4.79 Å². The largest absolute Gasteiger partial charge is 0.338 e. The zero-order chi connectivity index (χ0) is 13.4. The van der Waals surface area contributed by atoms with Crippen LogP contribution in [0.3, 0.4) is 0 Å². The highest BCUT2D eigenvalue weighted by Crippen LogP contribution is 2.17. The van der Waals surface area contributed by atoms with Gasteiger partial charge in [-0.1, -0.05) is 24.6 Å². The molecule has 0 unspecified atom stereocenters. The monoisotopic (exact) mass is 266 g/mol. The van der Waals surface area contributed by atoms with Crippen molar-refractivity contribution in [1.29, 1.82) is 0 Å². The van der Waals surface area contributed by atoms with Crippen molar-refractivity contribution in [3.05, 3.63) is 29.8 Å². The Morgan fingerprint density at radius 3 is 2.50 bits per heavy atom. The average Bonchev–Trinajstić information content (AvgIpc) is 2.35. The van der Waals surface area contributed by atoms with Crippen LogP contribution in [0.5, 0.6) is 0 Å². The van der Waals surface area contributed by atoms with Crippen molar-refractivity contribution in [2.75, 3.05) is 12.3 Å². The summed E-state index contributed by atoms with van der Waals surface area (Å²) in [5.41, 5.74) is 1.18. The minimum absolute atomic E-state index is 0.239. The number of nitrogens with one attached hydrogen (secondary N) is 2. The number of rotatable bonds is 5. The lowest BCUT2D eigenvalue weighted by molar-refractivity contribution is -0.117. The lowest BCUT2D eigenvalue weighted by Crippen LogP contribution is -2.40. The van der Waals surface area contributed by atoms with Crippen LogP contribution in [0, 0.1) is 6.92 Å². The molecule has 0 radical (unpaired) electrons. The van der Waals surface area contributed by atoms with E-state index in [9.17, 15) is 9.59 Å². The van der Waals surface area contributed by atoms with Gasteiger partial charge in [0.2, 0.25) is 5.91 Å². The second kappa shape index (κ2) is 7.76. The van der Waals surface area contributed by atoms with Gasteiger partial charge in [-0.15, -0.1) is 11.8 Å². The molecule has 0 atom stereocenters. The van der Waals surface area contributed by atoms with E-state index in [1.807, 2.05) is 38.1 Å². The summed E-state index contributed by atoms with van der Waals surface area (Å²) in [6, 6.07) is 7.49. The van der Waals surface area contributed by atoms with E-state index in [0.717, 1.165) is 11.3 Å². The Hall–Kier alpha value is -1.49. The second-order valence-corrected chi connectivity index (χ2v) is 4.95. The average molecular weight is 266 g/mol. The molecule has 0 aliphatic heterocycles. The standard InChI is InChI=1S/C13H18N2O2S/c1-3-8-14-13(17)15-12(16)9-18-11-6-4-10(2)5-7-11/h4-7H,3,8-9H2,1-2H3,(H2,14,15,16,17). The van der Waals surface area contributed by atoms with E-state index in [-0.39, 0.29) is 11.7 Å². The van der Waals surface area contributed by atoms with Crippen molar-refractivity contribution < 1.29 is 9.59 Å². The van der Waals surface area contributed by atoms with Crippen molar-refractivity contribution in [3.63, 3.8) is 0 Å². The fourth-order valence-corrected chi connectivity index (χ4v) is 1.93. The van der Waals surface area contributed by atoms with Crippen LogP contribution in [-0.2, 0) is 4.79 Å². The number of hydrogen-bond donors (Lipinski definition) is 2. The second-order valence-electron chi connectivity index (χ2n) is 3.91. The first kappa shape index (κ1) is 14.6. The molecule has 3 amide bonds. The molecule has 1 aromatic rings. The summed E-state index contributed by atoms with van der Waals surface area (Å²) in [6.45, 7) is 4.54. The number of aryl methyl sites for hydroxylation is 1. The third-order valence-electron chi connectivity index (χ3n) is 2.18. The number of thioether (sulfide) groups is 1. The zero-order valence-electron chi connectivity index (χ0n) is 10.7. The number of urea groups is 1. The van der Waals surface area contributed by atoms with E-state index in [4.69, 9.17) is 0 Å². The molecule has 0 aliphatic rings. The van der Waals surface area contributed by atoms with Crippen LogP contribution >= 0.6 is 11.8 Å².